The van der Waals surface area contributed by atoms with E-state index in [1.807, 2.05) is 24.6 Å². The Kier molecular flexibility index (Phi) is 6.25. The van der Waals surface area contributed by atoms with Crippen LogP contribution in [0.4, 0.5) is 0 Å². The number of aryl methyl sites for hydroxylation is 1. The number of aliphatic hydroxyl groups excluding tert-OH is 1. The van der Waals surface area contributed by atoms with Crippen LogP contribution in [-0.4, -0.2) is 51.9 Å². The highest BCUT2D eigenvalue weighted by molar-refractivity contribution is 5.94. The number of hydrogen-bond acceptors (Lipinski definition) is 5. The Balaban J connectivity index is 1.76. The summed E-state index contributed by atoms with van der Waals surface area (Å²) in [5.74, 6) is -0.0546. The molecule has 0 unspecified atom stereocenters. The summed E-state index contributed by atoms with van der Waals surface area (Å²) >= 11 is 0. The summed E-state index contributed by atoms with van der Waals surface area (Å²) in [6.07, 6.45) is 5.99. The van der Waals surface area contributed by atoms with Gasteiger partial charge in [-0.25, -0.2) is 0 Å². The van der Waals surface area contributed by atoms with Crippen LogP contribution >= 0.6 is 0 Å². The average Bonchev–Trinajstić information content (AvgIpc) is 3.33. The van der Waals surface area contributed by atoms with Gasteiger partial charge in [0.2, 0.25) is 0 Å². The van der Waals surface area contributed by atoms with E-state index in [1.54, 1.807) is 24.5 Å². The molecule has 0 fully saturated rings. The maximum absolute atomic E-state index is 13.1. The molecule has 7 nitrogen and oxygen atoms in total. The van der Waals surface area contributed by atoms with E-state index in [9.17, 15) is 9.90 Å². The second kappa shape index (κ2) is 8.49. The van der Waals surface area contributed by atoms with Crippen LogP contribution in [0.5, 0.6) is 0 Å². The van der Waals surface area contributed by atoms with Crippen LogP contribution in [0.1, 0.15) is 54.5 Å². The van der Waals surface area contributed by atoms with Crippen molar-refractivity contribution < 1.29 is 14.3 Å². The maximum Gasteiger partial charge on any atom is 0.274 e. The lowest BCUT2D eigenvalue weighted by atomic mass is 9.89. The van der Waals surface area contributed by atoms with Gasteiger partial charge in [-0.2, -0.15) is 5.10 Å². The lowest BCUT2D eigenvalue weighted by Gasteiger charge is -2.29. The Bertz CT molecular complexity index is 795. The van der Waals surface area contributed by atoms with Crippen LogP contribution in [0.25, 0.3) is 0 Å². The van der Waals surface area contributed by atoms with Gasteiger partial charge in [-0.15, -0.1) is 0 Å². The van der Waals surface area contributed by atoms with Crippen molar-refractivity contribution in [2.24, 2.45) is 5.41 Å². The van der Waals surface area contributed by atoms with Crippen LogP contribution in [-0.2, 0) is 25.9 Å². The third-order valence-corrected chi connectivity index (χ3v) is 5.49. The van der Waals surface area contributed by atoms with Gasteiger partial charge in [-0.3, -0.25) is 9.48 Å². The molecule has 0 spiro atoms. The number of aliphatic hydroxyl groups is 1. The summed E-state index contributed by atoms with van der Waals surface area (Å²) in [7, 11) is 1.80. The minimum atomic E-state index is -0.155. The van der Waals surface area contributed by atoms with Gasteiger partial charge in [0.25, 0.3) is 5.91 Å². The van der Waals surface area contributed by atoms with Crippen LogP contribution in [0, 0.1) is 5.41 Å². The molecule has 2 aromatic rings. The zero-order chi connectivity index (χ0) is 20.3. The second-order valence-electron chi connectivity index (χ2n) is 8.53. The third-order valence-electron chi connectivity index (χ3n) is 5.49. The molecule has 0 aromatic carbocycles. The van der Waals surface area contributed by atoms with Gasteiger partial charge in [-0.05, 0) is 32.3 Å². The molecule has 7 heteroatoms. The number of fused-ring (bicyclic) bond motifs is 1. The minimum Gasteiger partial charge on any atom is -0.472 e. The Labute approximate surface area is 166 Å². The highest BCUT2D eigenvalue weighted by Crippen LogP contribution is 2.27. The second-order valence-corrected chi connectivity index (χ2v) is 8.53. The number of nitrogens with zero attached hydrogens (tertiary/aromatic N) is 3. The highest BCUT2D eigenvalue weighted by atomic mass is 16.3. The maximum atomic E-state index is 13.1. The number of amides is 1. The fraction of sp³-hybridized carbons (Fsp3) is 0.619. The highest BCUT2D eigenvalue weighted by Gasteiger charge is 2.30. The number of aromatic nitrogens is 2. The fourth-order valence-corrected chi connectivity index (χ4v) is 3.68. The summed E-state index contributed by atoms with van der Waals surface area (Å²) in [4.78, 5) is 14.8. The average molecular weight is 389 g/mol. The minimum absolute atomic E-state index is 0.0546. The van der Waals surface area contributed by atoms with Gasteiger partial charge in [0.15, 0.2) is 5.69 Å². The largest absolute Gasteiger partial charge is 0.472 e. The standard InChI is InChI=1S/C21H32N4O3/c1-5-25-18-7-6-16(22-13-21(2,3)14-26)10-17(18)19(23-25)20(27)24(4)11-15-8-9-28-12-15/h8-9,12,16,22,26H,5-7,10-11,13-14H2,1-4H3/t16-/m1/s1. The van der Waals surface area contributed by atoms with E-state index >= 15 is 0 Å². The van der Waals surface area contributed by atoms with Crippen LogP contribution < -0.4 is 5.32 Å². The molecule has 0 saturated heterocycles. The van der Waals surface area contributed by atoms with Crippen LogP contribution in [0.2, 0.25) is 0 Å². The third kappa shape index (κ3) is 4.47. The SMILES string of the molecule is CCn1nc(C(=O)N(C)Cc2ccoc2)c2c1CC[C@@H](NCC(C)(C)CO)C2. The quantitative estimate of drug-likeness (QED) is 0.725. The molecule has 2 N–H and O–H groups in total. The van der Waals surface area contributed by atoms with Gasteiger partial charge in [0, 0.05) is 61.6 Å². The molecule has 28 heavy (non-hydrogen) atoms. The first-order chi connectivity index (χ1) is 13.3. The van der Waals surface area contributed by atoms with E-state index in [4.69, 9.17) is 4.42 Å². The van der Waals surface area contributed by atoms with Crippen LogP contribution in [0.3, 0.4) is 0 Å². The molecule has 2 heterocycles. The van der Waals surface area contributed by atoms with Crippen molar-refractivity contribution in [1.29, 1.82) is 0 Å². The van der Waals surface area contributed by atoms with E-state index in [0.717, 1.165) is 43.5 Å². The Morgan fingerprint density at radius 2 is 2.29 bits per heavy atom. The summed E-state index contributed by atoms with van der Waals surface area (Å²) in [5.41, 5.74) is 3.62. The summed E-state index contributed by atoms with van der Waals surface area (Å²) in [6, 6.07) is 2.16. The first-order valence-electron chi connectivity index (χ1n) is 10.0. The lowest BCUT2D eigenvalue weighted by molar-refractivity contribution is 0.0777. The number of furan rings is 1. The van der Waals surface area contributed by atoms with Gasteiger partial charge in [-0.1, -0.05) is 13.8 Å². The molecule has 1 aliphatic rings. The molecule has 1 aliphatic carbocycles. The molecule has 0 radical (unpaired) electrons. The van der Waals surface area contributed by atoms with Gasteiger partial charge < -0.3 is 19.7 Å². The van der Waals surface area contributed by atoms with Crippen molar-refractivity contribution in [2.75, 3.05) is 20.2 Å². The van der Waals surface area contributed by atoms with Crippen molar-refractivity contribution in [3.63, 3.8) is 0 Å². The van der Waals surface area contributed by atoms with Crippen molar-refractivity contribution in [1.82, 2.24) is 20.0 Å². The zero-order valence-electron chi connectivity index (χ0n) is 17.4. The number of nitrogens with one attached hydrogen (secondary N) is 1. The molecule has 0 aliphatic heterocycles. The molecular weight excluding hydrogens is 356 g/mol. The normalized spacial score (nSPS) is 16.8. The van der Waals surface area contributed by atoms with Crippen molar-refractivity contribution in [2.45, 2.75) is 59.2 Å². The Hall–Kier alpha value is -2.12. The number of hydrogen-bond donors (Lipinski definition) is 2. The summed E-state index contributed by atoms with van der Waals surface area (Å²) in [6.45, 7) is 8.30. The van der Waals surface area contributed by atoms with Gasteiger partial charge in [0.05, 0.1) is 12.5 Å². The first kappa shape index (κ1) is 20.6. The molecule has 1 amide bonds. The van der Waals surface area contributed by atoms with E-state index < -0.39 is 0 Å². The van der Waals surface area contributed by atoms with E-state index in [0.29, 0.717) is 18.3 Å². The van der Waals surface area contributed by atoms with Crippen molar-refractivity contribution >= 4 is 5.91 Å². The Morgan fingerprint density at radius 1 is 1.50 bits per heavy atom. The van der Waals surface area contributed by atoms with Gasteiger partial charge in [0.1, 0.15) is 0 Å². The van der Waals surface area contributed by atoms with Crippen LogP contribution in [0.15, 0.2) is 23.0 Å². The van der Waals surface area contributed by atoms with Crippen molar-refractivity contribution in [3.05, 3.63) is 41.1 Å². The number of rotatable bonds is 8. The van der Waals surface area contributed by atoms with E-state index in [2.05, 4.69) is 17.3 Å². The molecule has 0 saturated carbocycles. The molecule has 0 bridgehead atoms. The molecular formula is C21H32N4O3. The monoisotopic (exact) mass is 388 g/mol. The van der Waals surface area contributed by atoms with Crippen molar-refractivity contribution in [3.8, 4) is 0 Å². The fourth-order valence-electron chi connectivity index (χ4n) is 3.68. The Morgan fingerprint density at radius 3 is 2.93 bits per heavy atom. The van der Waals surface area contributed by atoms with E-state index in [-0.39, 0.29) is 17.9 Å². The number of carbonyl (C=O) groups excluding carboxylic acids is 1. The molecule has 2 aromatic heterocycles. The summed E-state index contributed by atoms with van der Waals surface area (Å²) < 4.78 is 7.08. The topological polar surface area (TPSA) is 83.5 Å². The molecule has 154 valence electrons. The smallest absolute Gasteiger partial charge is 0.274 e. The zero-order valence-corrected chi connectivity index (χ0v) is 17.4. The predicted molar refractivity (Wildman–Crippen MR) is 107 cm³/mol. The molecule has 3 rings (SSSR count). The predicted octanol–water partition coefficient (Wildman–Crippen LogP) is 2.23. The number of carbonyl (C=O) groups is 1. The van der Waals surface area contributed by atoms with Gasteiger partial charge >= 0.3 is 0 Å². The molecule has 1 atom stereocenters. The van der Waals surface area contributed by atoms with E-state index in [1.165, 1.54) is 5.69 Å². The lowest BCUT2D eigenvalue weighted by Crippen LogP contribution is -2.42. The summed E-state index contributed by atoms with van der Waals surface area (Å²) in [5, 5.41) is 17.7. The first-order valence-corrected chi connectivity index (χ1v) is 10.0.